The molecule has 0 aliphatic rings. The van der Waals surface area contributed by atoms with Gasteiger partial charge in [0.1, 0.15) is 0 Å². The topological polar surface area (TPSA) is 98.7 Å². The van der Waals surface area contributed by atoms with Crippen LogP contribution >= 0.6 is 11.6 Å². The smallest absolute Gasteiger partial charge is 0.250 e. The van der Waals surface area contributed by atoms with E-state index in [-0.39, 0.29) is 11.6 Å². The maximum atomic E-state index is 11.4. The quantitative estimate of drug-likeness (QED) is 0.742. The van der Waals surface area contributed by atoms with Crippen molar-refractivity contribution in [2.45, 2.75) is 13.0 Å². The number of carbonyl (C=O) groups excluding carboxylic acids is 1. The summed E-state index contributed by atoms with van der Waals surface area (Å²) in [6, 6.07) is 14.4. The van der Waals surface area contributed by atoms with Crippen LogP contribution in [-0.4, -0.2) is 26.1 Å². The van der Waals surface area contributed by atoms with Crippen molar-refractivity contribution in [2.75, 3.05) is 5.32 Å². The number of benzene rings is 2. The van der Waals surface area contributed by atoms with Crippen LogP contribution < -0.4 is 11.1 Å². The minimum Gasteiger partial charge on any atom is -0.375 e. The van der Waals surface area contributed by atoms with Crippen LogP contribution in [0.3, 0.4) is 0 Å². The average molecular weight is 343 g/mol. The number of amides is 1. The Balaban J connectivity index is 1.87. The van der Waals surface area contributed by atoms with Gasteiger partial charge in [-0.1, -0.05) is 29.8 Å². The molecular formula is C16H15ClN6O. The largest absolute Gasteiger partial charge is 0.375 e. The number of nitrogens with two attached hydrogens (primary N) is 1. The second kappa shape index (κ2) is 6.67. The number of rotatable bonds is 5. The summed E-state index contributed by atoms with van der Waals surface area (Å²) in [5.41, 5.74) is 7.14. The van der Waals surface area contributed by atoms with Gasteiger partial charge >= 0.3 is 0 Å². The highest BCUT2D eigenvalue weighted by molar-refractivity contribution is 6.33. The number of anilines is 1. The Hall–Kier alpha value is -2.93. The van der Waals surface area contributed by atoms with Crippen LogP contribution in [0.25, 0.3) is 5.69 Å². The van der Waals surface area contributed by atoms with Gasteiger partial charge in [0, 0.05) is 5.69 Å². The molecule has 3 N–H and O–H groups in total. The predicted molar refractivity (Wildman–Crippen MR) is 91.2 cm³/mol. The summed E-state index contributed by atoms with van der Waals surface area (Å²) in [7, 11) is 0. The Bertz CT molecular complexity index is 864. The molecule has 7 nitrogen and oxygen atoms in total. The molecule has 2 aromatic carbocycles. The normalized spacial score (nSPS) is 11.9. The third kappa shape index (κ3) is 3.21. The van der Waals surface area contributed by atoms with Crippen LogP contribution in [0, 0.1) is 0 Å². The Morgan fingerprint density at radius 2 is 2.00 bits per heavy atom. The highest BCUT2D eigenvalue weighted by Gasteiger charge is 2.16. The van der Waals surface area contributed by atoms with Crippen LogP contribution in [0.1, 0.15) is 29.1 Å². The van der Waals surface area contributed by atoms with E-state index in [2.05, 4.69) is 20.8 Å². The number of para-hydroxylation sites is 1. The monoisotopic (exact) mass is 342 g/mol. The number of aromatic nitrogens is 4. The first kappa shape index (κ1) is 15.9. The fourth-order valence-corrected chi connectivity index (χ4v) is 2.55. The average Bonchev–Trinajstić information content (AvgIpc) is 3.07. The SMILES string of the molecule is C[C@H](Nc1ccc(Cl)c(C(N)=O)c1)c1nnnn1-c1ccccc1. The molecule has 1 aromatic heterocycles. The van der Waals surface area contributed by atoms with Crippen molar-refractivity contribution >= 4 is 23.2 Å². The van der Waals surface area contributed by atoms with Crippen LogP contribution in [0.15, 0.2) is 48.5 Å². The number of nitrogens with zero attached hydrogens (tertiary/aromatic N) is 4. The second-order valence-corrected chi connectivity index (χ2v) is 5.62. The number of hydrogen-bond acceptors (Lipinski definition) is 5. The van der Waals surface area contributed by atoms with E-state index in [9.17, 15) is 4.79 Å². The van der Waals surface area contributed by atoms with Gasteiger partial charge in [0.2, 0.25) is 5.91 Å². The molecule has 1 atom stereocenters. The summed E-state index contributed by atoms with van der Waals surface area (Å²) in [4.78, 5) is 11.4. The van der Waals surface area contributed by atoms with Crippen molar-refractivity contribution in [2.24, 2.45) is 5.73 Å². The summed E-state index contributed by atoms with van der Waals surface area (Å²) >= 11 is 5.97. The van der Waals surface area contributed by atoms with Crippen LogP contribution in [0.5, 0.6) is 0 Å². The Labute approximate surface area is 143 Å². The Kier molecular flexibility index (Phi) is 4.43. The van der Waals surface area contributed by atoms with Crippen molar-refractivity contribution in [1.29, 1.82) is 0 Å². The second-order valence-electron chi connectivity index (χ2n) is 5.21. The van der Waals surface area contributed by atoms with Crippen molar-refractivity contribution < 1.29 is 4.79 Å². The first-order chi connectivity index (χ1) is 11.6. The van der Waals surface area contributed by atoms with E-state index in [1.165, 1.54) is 0 Å². The van der Waals surface area contributed by atoms with Crippen molar-refractivity contribution in [3.8, 4) is 5.69 Å². The lowest BCUT2D eigenvalue weighted by Crippen LogP contribution is -2.15. The molecule has 0 aliphatic carbocycles. The number of carbonyl (C=O) groups is 1. The third-order valence-electron chi connectivity index (χ3n) is 3.50. The molecule has 8 heteroatoms. The fraction of sp³-hybridized carbons (Fsp3) is 0.125. The molecule has 122 valence electrons. The first-order valence-electron chi connectivity index (χ1n) is 7.26. The third-order valence-corrected chi connectivity index (χ3v) is 3.83. The summed E-state index contributed by atoms with van der Waals surface area (Å²) in [6.45, 7) is 1.92. The molecule has 0 aliphatic heterocycles. The number of halogens is 1. The van der Waals surface area contributed by atoms with Gasteiger partial charge in [-0.15, -0.1) is 5.10 Å². The molecule has 3 aromatic rings. The zero-order valence-electron chi connectivity index (χ0n) is 12.8. The van der Waals surface area contributed by atoms with Gasteiger partial charge in [0.15, 0.2) is 5.82 Å². The van der Waals surface area contributed by atoms with E-state index < -0.39 is 5.91 Å². The molecule has 24 heavy (non-hydrogen) atoms. The number of primary amides is 1. The molecule has 0 saturated carbocycles. The van der Waals surface area contributed by atoms with Gasteiger partial charge in [0.05, 0.1) is 22.3 Å². The number of hydrogen-bond donors (Lipinski definition) is 2. The van der Waals surface area contributed by atoms with Gasteiger partial charge in [-0.05, 0) is 47.7 Å². The molecular weight excluding hydrogens is 328 g/mol. The first-order valence-corrected chi connectivity index (χ1v) is 7.63. The van der Waals surface area contributed by atoms with Crippen LogP contribution in [0.4, 0.5) is 5.69 Å². The van der Waals surface area contributed by atoms with Gasteiger partial charge in [0.25, 0.3) is 0 Å². The number of tetrazole rings is 1. The van der Waals surface area contributed by atoms with E-state index in [4.69, 9.17) is 17.3 Å². The van der Waals surface area contributed by atoms with Crippen LogP contribution in [0.2, 0.25) is 5.02 Å². The summed E-state index contributed by atoms with van der Waals surface area (Å²) in [6.07, 6.45) is 0. The van der Waals surface area contributed by atoms with Gasteiger partial charge in [-0.25, -0.2) is 0 Å². The lowest BCUT2D eigenvalue weighted by Gasteiger charge is -2.15. The number of nitrogens with one attached hydrogen (secondary N) is 1. The van der Waals surface area contributed by atoms with Crippen molar-refractivity contribution in [1.82, 2.24) is 20.2 Å². The zero-order valence-corrected chi connectivity index (χ0v) is 13.6. The van der Waals surface area contributed by atoms with Gasteiger partial charge in [-0.3, -0.25) is 4.79 Å². The molecule has 0 radical (unpaired) electrons. The maximum absolute atomic E-state index is 11.4. The molecule has 0 spiro atoms. The van der Waals surface area contributed by atoms with E-state index in [1.807, 2.05) is 37.3 Å². The highest BCUT2D eigenvalue weighted by atomic mass is 35.5. The minimum absolute atomic E-state index is 0.206. The zero-order chi connectivity index (χ0) is 17.1. The van der Waals surface area contributed by atoms with Crippen molar-refractivity contribution in [3.63, 3.8) is 0 Å². The molecule has 0 bridgehead atoms. The van der Waals surface area contributed by atoms with Crippen molar-refractivity contribution in [3.05, 3.63) is 64.9 Å². The maximum Gasteiger partial charge on any atom is 0.250 e. The molecule has 3 rings (SSSR count). The van der Waals surface area contributed by atoms with Gasteiger partial charge < -0.3 is 11.1 Å². The molecule has 0 fully saturated rings. The minimum atomic E-state index is -0.578. The Morgan fingerprint density at radius 1 is 1.25 bits per heavy atom. The summed E-state index contributed by atoms with van der Waals surface area (Å²) in [5, 5.41) is 15.4. The van der Waals surface area contributed by atoms with E-state index in [0.29, 0.717) is 16.5 Å². The molecule has 0 saturated heterocycles. The molecule has 0 unspecified atom stereocenters. The van der Waals surface area contributed by atoms with Crippen LogP contribution in [-0.2, 0) is 0 Å². The predicted octanol–water partition coefficient (Wildman–Crippen LogP) is 2.59. The van der Waals surface area contributed by atoms with E-state index in [0.717, 1.165) is 5.69 Å². The lowest BCUT2D eigenvalue weighted by atomic mass is 10.1. The lowest BCUT2D eigenvalue weighted by molar-refractivity contribution is 0.100. The van der Waals surface area contributed by atoms with E-state index in [1.54, 1.807) is 22.9 Å². The highest BCUT2D eigenvalue weighted by Crippen LogP contribution is 2.24. The van der Waals surface area contributed by atoms with E-state index >= 15 is 0 Å². The Morgan fingerprint density at radius 3 is 2.71 bits per heavy atom. The summed E-state index contributed by atoms with van der Waals surface area (Å²) in [5.74, 6) is 0.0576. The van der Waals surface area contributed by atoms with Gasteiger partial charge in [-0.2, -0.15) is 4.68 Å². The summed E-state index contributed by atoms with van der Waals surface area (Å²) < 4.78 is 1.66. The molecule has 1 amide bonds. The standard InChI is InChI=1S/C16H15ClN6O/c1-10(19-11-7-8-14(17)13(9-11)15(18)24)16-20-21-22-23(16)12-5-3-2-4-6-12/h2-10,19H,1H3,(H2,18,24)/t10-/m0/s1. The fourth-order valence-electron chi connectivity index (χ4n) is 2.34. The molecule has 1 heterocycles.